The summed E-state index contributed by atoms with van der Waals surface area (Å²) in [6.07, 6.45) is 0. The van der Waals surface area contributed by atoms with Crippen molar-refractivity contribution >= 4 is 22.7 Å². The minimum atomic E-state index is -0.196. The van der Waals surface area contributed by atoms with E-state index < -0.39 is 0 Å². The van der Waals surface area contributed by atoms with Gasteiger partial charge in [-0.25, -0.2) is 4.98 Å². The van der Waals surface area contributed by atoms with Crippen molar-refractivity contribution in [2.75, 3.05) is 6.61 Å². The fourth-order valence-electron chi connectivity index (χ4n) is 3.18. The first kappa shape index (κ1) is 21.1. The van der Waals surface area contributed by atoms with Crippen LogP contribution in [-0.4, -0.2) is 26.3 Å². The van der Waals surface area contributed by atoms with E-state index in [1.54, 1.807) is 10.6 Å². The van der Waals surface area contributed by atoms with E-state index in [4.69, 9.17) is 14.2 Å². The summed E-state index contributed by atoms with van der Waals surface area (Å²) < 4.78 is 12.9. The predicted molar refractivity (Wildman–Crippen MR) is 121 cm³/mol. The summed E-state index contributed by atoms with van der Waals surface area (Å²) in [5.41, 5.74) is 1.14. The molecule has 8 heteroatoms. The van der Waals surface area contributed by atoms with Gasteiger partial charge in [0, 0.05) is 5.92 Å². The summed E-state index contributed by atoms with van der Waals surface area (Å²) in [5.74, 6) is 1.96. The zero-order valence-electron chi connectivity index (χ0n) is 17.9. The molecule has 0 aliphatic rings. The Kier molecular flexibility index (Phi) is 6.08. The van der Waals surface area contributed by atoms with E-state index in [2.05, 4.69) is 10.1 Å². The molecule has 2 aromatic heterocycles. The van der Waals surface area contributed by atoms with Crippen LogP contribution in [0.5, 0.6) is 5.75 Å². The van der Waals surface area contributed by atoms with Crippen molar-refractivity contribution in [3.05, 3.63) is 70.6 Å². The molecule has 0 aliphatic carbocycles. The first-order valence-corrected chi connectivity index (χ1v) is 11.1. The van der Waals surface area contributed by atoms with Gasteiger partial charge >= 0.3 is 0 Å². The van der Waals surface area contributed by atoms with Gasteiger partial charge in [0.1, 0.15) is 5.75 Å². The third-order valence-corrected chi connectivity index (χ3v) is 5.79. The van der Waals surface area contributed by atoms with Gasteiger partial charge in [0.05, 0.1) is 28.4 Å². The van der Waals surface area contributed by atoms with E-state index >= 15 is 0 Å². The van der Waals surface area contributed by atoms with Crippen molar-refractivity contribution in [2.24, 2.45) is 0 Å². The monoisotopic (exact) mass is 436 g/mol. The second kappa shape index (κ2) is 8.93. The topological polar surface area (TPSA) is 83.0 Å². The number of hydrogen-bond acceptors (Lipinski definition) is 7. The quantitative estimate of drug-likeness (QED) is 0.293. The lowest BCUT2D eigenvalue weighted by atomic mass is 10.2. The van der Waals surface area contributed by atoms with Gasteiger partial charge in [0.15, 0.2) is 11.0 Å². The minimum Gasteiger partial charge on any atom is -0.492 e. The lowest BCUT2D eigenvalue weighted by molar-refractivity contribution is 0.338. The number of rotatable bonds is 7. The van der Waals surface area contributed by atoms with Crippen LogP contribution in [0.1, 0.15) is 50.6 Å². The molecular formula is C23H24N4O3S. The van der Waals surface area contributed by atoms with Crippen LogP contribution >= 0.6 is 11.8 Å². The van der Waals surface area contributed by atoms with Gasteiger partial charge < -0.3 is 9.26 Å². The molecule has 4 aromatic rings. The number of fused-ring (bicyclic) bond motifs is 1. The number of aromatic nitrogens is 4. The number of thioether (sulfide) groups is 1. The number of nitrogens with zero attached hydrogens (tertiary/aromatic N) is 4. The van der Waals surface area contributed by atoms with Crippen LogP contribution in [0.4, 0.5) is 0 Å². The number of hydrogen-bond donors (Lipinski definition) is 0. The molecule has 0 spiro atoms. The molecule has 0 N–H and O–H groups in total. The maximum Gasteiger partial charge on any atom is 0.266 e. The van der Waals surface area contributed by atoms with Gasteiger partial charge in [-0.1, -0.05) is 55.0 Å². The number of benzene rings is 2. The fraction of sp³-hybridized carbons (Fsp3) is 0.304. The Bertz CT molecular complexity index is 1270. The van der Waals surface area contributed by atoms with E-state index in [1.165, 1.54) is 11.8 Å². The summed E-state index contributed by atoms with van der Waals surface area (Å²) >= 11 is 1.40. The Morgan fingerprint density at radius 2 is 1.81 bits per heavy atom. The summed E-state index contributed by atoms with van der Waals surface area (Å²) in [6.45, 7) is 8.39. The first-order chi connectivity index (χ1) is 15.0. The van der Waals surface area contributed by atoms with Crippen LogP contribution in [0.25, 0.3) is 16.6 Å². The Morgan fingerprint density at radius 3 is 2.55 bits per heavy atom. The molecular weight excluding hydrogens is 412 g/mol. The lowest BCUT2D eigenvalue weighted by Gasteiger charge is -2.17. The van der Waals surface area contributed by atoms with Crippen LogP contribution < -0.4 is 10.3 Å². The molecule has 0 fully saturated rings. The fourth-order valence-corrected chi connectivity index (χ4v) is 4.13. The van der Waals surface area contributed by atoms with Crippen molar-refractivity contribution in [1.29, 1.82) is 0 Å². The van der Waals surface area contributed by atoms with Crippen molar-refractivity contribution in [2.45, 2.75) is 44.0 Å². The van der Waals surface area contributed by atoms with Gasteiger partial charge in [-0.15, -0.1) is 0 Å². The smallest absolute Gasteiger partial charge is 0.266 e. The second-order valence-corrected chi connectivity index (χ2v) is 8.67. The van der Waals surface area contributed by atoms with E-state index in [-0.39, 0.29) is 16.7 Å². The van der Waals surface area contributed by atoms with Crippen molar-refractivity contribution in [3.8, 4) is 11.4 Å². The molecule has 0 bridgehead atoms. The Balaban J connectivity index is 1.86. The average molecular weight is 437 g/mol. The lowest BCUT2D eigenvalue weighted by Crippen LogP contribution is -2.22. The molecule has 1 unspecified atom stereocenters. The third-order valence-electron chi connectivity index (χ3n) is 4.75. The first-order valence-electron chi connectivity index (χ1n) is 10.2. The molecule has 1 atom stereocenters. The Morgan fingerprint density at radius 1 is 1.06 bits per heavy atom. The Hall–Kier alpha value is -3.13. The van der Waals surface area contributed by atoms with Crippen LogP contribution in [0.2, 0.25) is 0 Å². The van der Waals surface area contributed by atoms with E-state index in [0.717, 1.165) is 0 Å². The summed E-state index contributed by atoms with van der Waals surface area (Å²) in [6, 6.07) is 14.8. The predicted octanol–water partition coefficient (Wildman–Crippen LogP) is 5.14. The summed E-state index contributed by atoms with van der Waals surface area (Å²) in [4.78, 5) is 22.8. The van der Waals surface area contributed by atoms with Crippen molar-refractivity contribution < 1.29 is 9.26 Å². The van der Waals surface area contributed by atoms with Crippen LogP contribution in [0, 0.1) is 0 Å². The maximum absolute atomic E-state index is 13.5. The summed E-state index contributed by atoms with van der Waals surface area (Å²) in [5, 5.41) is 4.94. The third kappa shape index (κ3) is 4.20. The molecule has 2 aromatic carbocycles. The molecule has 4 rings (SSSR count). The van der Waals surface area contributed by atoms with Crippen molar-refractivity contribution in [1.82, 2.24) is 19.7 Å². The summed E-state index contributed by atoms with van der Waals surface area (Å²) in [7, 11) is 0. The van der Waals surface area contributed by atoms with Gasteiger partial charge in [0.2, 0.25) is 5.89 Å². The molecule has 31 heavy (non-hydrogen) atoms. The normalized spacial score (nSPS) is 12.4. The molecule has 160 valence electrons. The van der Waals surface area contributed by atoms with Gasteiger partial charge in [-0.3, -0.25) is 9.36 Å². The maximum atomic E-state index is 13.5. The Labute approximate surface area is 184 Å². The minimum absolute atomic E-state index is 0.152. The highest BCUT2D eigenvalue weighted by Crippen LogP contribution is 2.35. The SMILES string of the molecule is CCOc1ccccc1-n1c(SC(C)c2nc(C(C)C)no2)nc2ccccc2c1=O. The molecule has 0 radical (unpaired) electrons. The van der Waals surface area contributed by atoms with Crippen LogP contribution in [-0.2, 0) is 0 Å². The molecule has 7 nitrogen and oxygen atoms in total. The largest absolute Gasteiger partial charge is 0.492 e. The van der Waals surface area contributed by atoms with Gasteiger partial charge in [-0.05, 0) is 38.1 Å². The van der Waals surface area contributed by atoms with E-state index in [1.807, 2.05) is 70.2 Å². The highest BCUT2D eigenvalue weighted by Gasteiger charge is 2.22. The number of ether oxygens (including phenoxy) is 1. The van der Waals surface area contributed by atoms with E-state index in [9.17, 15) is 4.79 Å². The van der Waals surface area contributed by atoms with E-state index in [0.29, 0.717) is 45.8 Å². The molecule has 0 amide bonds. The number of para-hydroxylation sites is 3. The average Bonchev–Trinajstić information content (AvgIpc) is 3.26. The van der Waals surface area contributed by atoms with Crippen LogP contribution in [0.3, 0.4) is 0 Å². The van der Waals surface area contributed by atoms with Crippen molar-refractivity contribution in [3.63, 3.8) is 0 Å². The molecule has 0 aliphatic heterocycles. The zero-order chi connectivity index (χ0) is 22.0. The second-order valence-electron chi connectivity index (χ2n) is 7.36. The molecule has 2 heterocycles. The highest BCUT2D eigenvalue weighted by molar-refractivity contribution is 7.99. The van der Waals surface area contributed by atoms with Gasteiger partial charge in [-0.2, -0.15) is 4.98 Å². The highest BCUT2D eigenvalue weighted by atomic mass is 32.2. The molecule has 0 saturated carbocycles. The molecule has 0 saturated heterocycles. The van der Waals surface area contributed by atoms with Crippen LogP contribution in [0.15, 0.2) is 63.0 Å². The van der Waals surface area contributed by atoms with Gasteiger partial charge in [0.25, 0.3) is 5.56 Å². The zero-order valence-corrected chi connectivity index (χ0v) is 18.7. The standard InChI is InChI=1S/C23H24N4O3S/c1-5-29-19-13-9-8-12-18(19)27-22(28)16-10-6-7-11-17(16)24-23(27)31-15(4)21-25-20(14(2)3)26-30-21/h6-15H,5H2,1-4H3.